The van der Waals surface area contributed by atoms with E-state index in [1.807, 2.05) is 6.92 Å². The van der Waals surface area contributed by atoms with Crippen LogP contribution in [0, 0.1) is 0 Å². The fourth-order valence-electron chi connectivity index (χ4n) is 2.62. The van der Waals surface area contributed by atoms with E-state index in [-0.39, 0.29) is 11.7 Å². The molecule has 0 spiro atoms. The Morgan fingerprint density at radius 2 is 2.12 bits per heavy atom. The standard InChI is InChI=1S/C14H15F4N3O3/c1-8-7-19-4-5-21(8)12(22)20-9-2-3-11-10(6-9)13(15,16)24-14(17,18)23-11/h2-3,6,8,19H,4-5,7H2,1H3,(H,20,22). The van der Waals surface area contributed by atoms with Crippen LogP contribution in [0.1, 0.15) is 12.5 Å². The minimum atomic E-state index is -4.42. The van der Waals surface area contributed by atoms with Crippen LogP contribution in [-0.2, 0) is 10.8 Å². The lowest BCUT2D eigenvalue weighted by Crippen LogP contribution is -2.53. The second-order valence-corrected chi connectivity index (χ2v) is 5.57. The van der Waals surface area contributed by atoms with Crippen molar-refractivity contribution in [2.24, 2.45) is 0 Å². The molecule has 1 unspecified atom stereocenters. The van der Waals surface area contributed by atoms with Crippen molar-refractivity contribution < 1.29 is 31.8 Å². The average molecular weight is 349 g/mol. The Labute approximate surface area is 134 Å². The third kappa shape index (κ3) is 3.24. The van der Waals surface area contributed by atoms with Gasteiger partial charge in [-0.05, 0) is 25.1 Å². The molecule has 10 heteroatoms. The molecule has 0 bridgehead atoms. The second kappa shape index (κ2) is 5.78. The molecule has 2 aliphatic heterocycles. The van der Waals surface area contributed by atoms with E-state index in [0.29, 0.717) is 19.6 Å². The highest BCUT2D eigenvalue weighted by Crippen LogP contribution is 2.46. The van der Waals surface area contributed by atoms with Crippen LogP contribution in [0.2, 0.25) is 0 Å². The molecule has 0 aliphatic carbocycles. The lowest BCUT2D eigenvalue weighted by molar-refractivity contribution is -0.461. The van der Waals surface area contributed by atoms with E-state index in [9.17, 15) is 22.4 Å². The average Bonchev–Trinajstić information content (AvgIpc) is 2.46. The molecule has 0 aromatic heterocycles. The molecular weight excluding hydrogens is 334 g/mol. The van der Waals surface area contributed by atoms with Crippen LogP contribution in [0.4, 0.5) is 28.0 Å². The van der Waals surface area contributed by atoms with Crippen LogP contribution in [0.5, 0.6) is 5.75 Å². The van der Waals surface area contributed by atoms with E-state index < -0.39 is 29.7 Å². The quantitative estimate of drug-likeness (QED) is 0.765. The Morgan fingerprint density at radius 3 is 2.83 bits per heavy atom. The number of hydrogen-bond donors (Lipinski definition) is 2. The van der Waals surface area contributed by atoms with E-state index in [1.54, 1.807) is 4.90 Å². The summed E-state index contributed by atoms with van der Waals surface area (Å²) in [5.74, 6) is -0.704. The van der Waals surface area contributed by atoms with Crippen LogP contribution in [0.25, 0.3) is 0 Å². The van der Waals surface area contributed by atoms with Crippen LogP contribution >= 0.6 is 0 Å². The van der Waals surface area contributed by atoms with E-state index in [0.717, 1.165) is 12.1 Å². The molecule has 6 nitrogen and oxygen atoms in total. The van der Waals surface area contributed by atoms with Gasteiger partial charge in [-0.15, -0.1) is 8.78 Å². The number of anilines is 1. The Bertz CT molecular complexity index is 656. The second-order valence-electron chi connectivity index (χ2n) is 5.57. The lowest BCUT2D eigenvalue weighted by atomic mass is 10.1. The maximum Gasteiger partial charge on any atom is 0.540 e. The van der Waals surface area contributed by atoms with Crippen molar-refractivity contribution in [3.8, 4) is 5.75 Å². The normalized spacial score (nSPS) is 24.7. The number of halogens is 4. The molecule has 2 aliphatic rings. The lowest BCUT2D eigenvalue weighted by Gasteiger charge is -2.34. The number of alkyl halides is 4. The van der Waals surface area contributed by atoms with E-state index in [2.05, 4.69) is 20.1 Å². The fraction of sp³-hybridized carbons (Fsp3) is 0.500. The molecule has 1 aromatic carbocycles. The van der Waals surface area contributed by atoms with Crippen LogP contribution in [-0.4, -0.2) is 42.9 Å². The van der Waals surface area contributed by atoms with Gasteiger partial charge in [0.05, 0.1) is 5.56 Å². The first-order chi connectivity index (χ1) is 11.2. The van der Waals surface area contributed by atoms with Gasteiger partial charge >= 0.3 is 18.4 Å². The highest BCUT2D eigenvalue weighted by Gasteiger charge is 2.54. The number of hydrogen-bond acceptors (Lipinski definition) is 4. The summed E-state index contributed by atoms with van der Waals surface area (Å²) in [4.78, 5) is 13.8. The summed E-state index contributed by atoms with van der Waals surface area (Å²) < 4.78 is 60.8. The minimum absolute atomic E-state index is 0.0292. The SMILES string of the molecule is CC1CNCCN1C(=O)Nc1ccc2c(c1)C(F)(F)OC(F)(F)O2. The highest BCUT2D eigenvalue weighted by atomic mass is 19.3. The number of ether oxygens (including phenoxy) is 2. The maximum absolute atomic E-state index is 13.7. The topological polar surface area (TPSA) is 62.8 Å². The van der Waals surface area contributed by atoms with Gasteiger partial charge in [0, 0.05) is 31.4 Å². The Balaban J connectivity index is 1.80. The van der Waals surface area contributed by atoms with Gasteiger partial charge in [-0.25, -0.2) is 9.53 Å². The molecule has 1 atom stereocenters. The van der Waals surface area contributed by atoms with Gasteiger partial charge in [0.25, 0.3) is 0 Å². The number of benzene rings is 1. The third-order valence-corrected chi connectivity index (χ3v) is 3.78. The molecule has 2 N–H and O–H groups in total. The van der Waals surface area contributed by atoms with Crippen LogP contribution in [0.15, 0.2) is 18.2 Å². The summed E-state index contributed by atoms with van der Waals surface area (Å²) in [5, 5.41) is 5.60. The van der Waals surface area contributed by atoms with E-state index in [4.69, 9.17) is 0 Å². The van der Waals surface area contributed by atoms with Crippen molar-refractivity contribution in [1.29, 1.82) is 0 Å². The van der Waals surface area contributed by atoms with Crippen molar-refractivity contribution >= 4 is 11.7 Å². The summed E-state index contributed by atoms with van der Waals surface area (Å²) in [6, 6.07) is 2.48. The van der Waals surface area contributed by atoms with Crippen LogP contribution < -0.4 is 15.4 Å². The predicted octanol–water partition coefficient (Wildman–Crippen LogP) is 2.52. The predicted molar refractivity (Wildman–Crippen MR) is 75.1 cm³/mol. The fourth-order valence-corrected chi connectivity index (χ4v) is 2.62. The zero-order valence-electron chi connectivity index (χ0n) is 12.6. The zero-order valence-corrected chi connectivity index (χ0v) is 12.6. The highest BCUT2D eigenvalue weighted by molar-refractivity contribution is 5.90. The van der Waals surface area contributed by atoms with Gasteiger partial charge in [-0.3, -0.25) is 0 Å². The summed E-state index contributed by atoms with van der Waals surface area (Å²) in [6.07, 6.45) is -8.66. The van der Waals surface area contributed by atoms with Gasteiger partial charge in [-0.2, -0.15) is 8.78 Å². The van der Waals surface area contributed by atoms with Gasteiger partial charge in [0.2, 0.25) is 0 Å². The zero-order chi connectivity index (χ0) is 17.5. The van der Waals surface area contributed by atoms with Crippen molar-refractivity contribution in [3.63, 3.8) is 0 Å². The van der Waals surface area contributed by atoms with Gasteiger partial charge in [-0.1, -0.05) is 0 Å². The Kier molecular flexibility index (Phi) is 4.04. The molecule has 0 saturated carbocycles. The molecular formula is C14H15F4N3O3. The van der Waals surface area contributed by atoms with Gasteiger partial charge in [0.1, 0.15) is 5.75 Å². The largest absolute Gasteiger partial charge is 0.540 e. The third-order valence-electron chi connectivity index (χ3n) is 3.78. The number of carbonyl (C=O) groups excluding carboxylic acids is 1. The van der Waals surface area contributed by atoms with E-state index in [1.165, 1.54) is 6.07 Å². The van der Waals surface area contributed by atoms with Gasteiger partial charge in [0.15, 0.2) is 0 Å². The Morgan fingerprint density at radius 1 is 1.38 bits per heavy atom. The number of nitrogens with one attached hydrogen (secondary N) is 2. The molecule has 2 amide bonds. The first kappa shape index (κ1) is 16.8. The molecule has 24 heavy (non-hydrogen) atoms. The van der Waals surface area contributed by atoms with E-state index >= 15 is 0 Å². The van der Waals surface area contributed by atoms with Crippen molar-refractivity contribution in [3.05, 3.63) is 23.8 Å². The maximum atomic E-state index is 13.7. The first-order valence-corrected chi connectivity index (χ1v) is 7.26. The smallest absolute Gasteiger partial charge is 0.409 e. The number of carbonyl (C=O) groups is 1. The molecule has 2 heterocycles. The summed E-state index contributed by atoms with van der Waals surface area (Å²) in [7, 11) is 0. The number of urea groups is 1. The van der Waals surface area contributed by atoms with Gasteiger partial charge < -0.3 is 20.3 Å². The van der Waals surface area contributed by atoms with Crippen molar-refractivity contribution in [2.45, 2.75) is 25.4 Å². The Hall–Kier alpha value is -2.07. The number of amides is 2. The molecule has 1 aromatic rings. The molecule has 1 saturated heterocycles. The molecule has 3 rings (SSSR count). The van der Waals surface area contributed by atoms with Crippen molar-refractivity contribution in [2.75, 3.05) is 25.0 Å². The number of fused-ring (bicyclic) bond motifs is 1. The molecule has 132 valence electrons. The minimum Gasteiger partial charge on any atom is -0.409 e. The number of piperazine rings is 1. The summed E-state index contributed by atoms with van der Waals surface area (Å²) in [5.41, 5.74) is -0.846. The molecule has 1 fully saturated rings. The van der Waals surface area contributed by atoms with Crippen molar-refractivity contribution in [1.82, 2.24) is 10.2 Å². The molecule has 0 radical (unpaired) electrons. The number of nitrogens with zero attached hydrogens (tertiary/aromatic N) is 1. The summed E-state index contributed by atoms with van der Waals surface area (Å²) in [6.45, 7) is 3.55. The first-order valence-electron chi connectivity index (χ1n) is 7.26. The number of rotatable bonds is 1. The van der Waals surface area contributed by atoms with Crippen LogP contribution in [0.3, 0.4) is 0 Å². The summed E-state index contributed by atoms with van der Waals surface area (Å²) >= 11 is 0. The monoisotopic (exact) mass is 349 g/mol.